The highest BCUT2D eigenvalue weighted by Crippen LogP contribution is 2.25. The predicted molar refractivity (Wildman–Crippen MR) is 79.2 cm³/mol. The molecule has 0 fully saturated rings. The number of sulfonamides is 1. The number of halogens is 1. The van der Waals surface area contributed by atoms with Gasteiger partial charge in [-0.1, -0.05) is 18.2 Å². The van der Waals surface area contributed by atoms with Crippen LogP contribution >= 0.6 is 0 Å². The number of rotatable bonds is 3. The lowest BCUT2D eigenvalue weighted by atomic mass is 10.1. The van der Waals surface area contributed by atoms with Crippen LogP contribution in [0.2, 0.25) is 0 Å². The van der Waals surface area contributed by atoms with Gasteiger partial charge in [-0.15, -0.1) is 0 Å². The van der Waals surface area contributed by atoms with Crippen LogP contribution in [0, 0.1) is 17.1 Å². The Hall–Kier alpha value is -2.72. The third-order valence-corrected chi connectivity index (χ3v) is 3.86. The molecule has 0 spiro atoms. The molecular formula is C15H11FN2O3S. The average Bonchev–Trinajstić information content (AvgIpc) is 2.48. The first-order chi connectivity index (χ1) is 10.3. The highest BCUT2D eigenvalue weighted by molar-refractivity contribution is 7.92. The first-order valence-corrected chi connectivity index (χ1v) is 7.99. The summed E-state index contributed by atoms with van der Waals surface area (Å²) in [6.45, 7) is 0. The van der Waals surface area contributed by atoms with E-state index in [1.54, 1.807) is 24.3 Å². The van der Waals surface area contributed by atoms with Gasteiger partial charge in [0.05, 0.1) is 17.5 Å². The van der Waals surface area contributed by atoms with E-state index in [-0.39, 0.29) is 16.8 Å². The molecule has 112 valence electrons. The van der Waals surface area contributed by atoms with Gasteiger partial charge in [-0.05, 0) is 30.3 Å². The summed E-state index contributed by atoms with van der Waals surface area (Å²) in [7, 11) is -4.00. The summed E-state index contributed by atoms with van der Waals surface area (Å²) in [5.41, 5.74) is -0.281. The predicted octanol–water partition coefficient (Wildman–Crippen LogP) is 2.30. The van der Waals surface area contributed by atoms with E-state index in [0.717, 1.165) is 24.5 Å². The van der Waals surface area contributed by atoms with Crippen LogP contribution in [0.25, 0.3) is 0 Å². The van der Waals surface area contributed by atoms with Gasteiger partial charge in [0.1, 0.15) is 11.9 Å². The van der Waals surface area contributed by atoms with Crippen LogP contribution in [0.15, 0.2) is 48.5 Å². The number of hydrogen-bond donors (Lipinski definition) is 0. The van der Waals surface area contributed by atoms with Crippen molar-refractivity contribution >= 4 is 21.6 Å². The van der Waals surface area contributed by atoms with Gasteiger partial charge < -0.3 is 0 Å². The van der Waals surface area contributed by atoms with Gasteiger partial charge in [0, 0.05) is 5.56 Å². The van der Waals surface area contributed by atoms with Crippen molar-refractivity contribution in [1.29, 1.82) is 5.26 Å². The fourth-order valence-corrected chi connectivity index (χ4v) is 2.83. The number of anilines is 1. The maximum Gasteiger partial charge on any atom is 0.272 e. The molecule has 0 aliphatic rings. The van der Waals surface area contributed by atoms with Crippen molar-refractivity contribution in [1.82, 2.24) is 0 Å². The molecule has 0 saturated heterocycles. The maximum absolute atomic E-state index is 13.2. The molecule has 0 bridgehead atoms. The van der Waals surface area contributed by atoms with Crippen molar-refractivity contribution in [3.8, 4) is 6.07 Å². The molecule has 0 aliphatic carbocycles. The van der Waals surface area contributed by atoms with Gasteiger partial charge in [0.2, 0.25) is 10.0 Å². The standard InChI is InChI=1S/C15H11FN2O3S/c1-22(20,21)18(15(19)11-5-3-2-4-6-11)14-8-7-13(16)9-12(14)10-17/h2-9H,1H3. The summed E-state index contributed by atoms with van der Waals surface area (Å²) in [6, 6.07) is 12.4. The highest BCUT2D eigenvalue weighted by atomic mass is 32.2. The lowest BCUT2D eigenvalue weighted by molar-refractivity contribution is 0.101. The number of hydrogen-bond acceptors (Lipinski definition) is 4. The summed E-state index contributed by atoms with van der Waals surface area (Å²) in [5.74, 6) is -1.51. The molecule has 0 aromatic heterocycles. The van der Waals surface area contributed by atoms with E-state index in [1.165, 1.54) is 12.1 Å². The van der Waals surface area contributed by atoms with E-state index in [9.17, 15) is 17.6 Å². The minimum Gasteiger partial charge on any atom is -0.268 e. The van der Waals surface area contributed by atoms with Crippen LogP contribution < -0.4 is 4.31 Å². The number of carbonyl (C=O) groups excluding carboxylic acids is 1. The molecule has 2 aromatic carbocycles. The topological polar surface area (TPSA) is 78.2 Å². The molecule has 7 heteroatoms. The summed E-state index contributed by atoms with van der Waals surface area (Å²) in [6.07, 6.45) is 0.846. The van der Waals surface area contributed by atoms with Crippen LogP contribution in [0.5, 0.6) is 0 Å². The molecule has 0 unspecified atom stereocenters. The molecule has 5 nitrogen and oxygen atoms in total. The highest BCUT2D eigenvalue weighted by Gasteiger charge is 2.28. The second-order valence-corrected chi connectivity index (χ2v) is 6.30. The Morgan fingerprint density at radius 2 is 1.82 bits per heavy atom. The quantitative estimate of drug-likeness (QED) is 0.870. The summed E-state index contributed by atoms with van der Waals surface area (Å²) >= 11 is 0. The third kappa shape index (κ3) is 3.13. The van der Waals surface area contributed by atoms with Gasteiger partial charge in [0.25, 0.3) is 5.91 Å². The Kier molecular flexibility index (Phi) is 4.24. The number of amides is 1. The third-order valence-electron chi connectivity index (χ3n) is 2.83. The second-order valence-electron chi connectivity index (χ2n) is 4.47. The Morgan fingerprint density at radius 3 is 2.36 bits per heavy atom. The molecule has 22 heavy (non-hydrogen) atoms. The Morgan fingerprint density at radius 1 is 1.18 bits per heavy atom. The van der Waals surface area contributed by atoms with Crippen LogP contribution in [-0.4, -0.2) is 20.6 Å². The molecule has 0 radical (unpaired) electrons. The van der Waals surface area contributed by atoms with Gasteiger partial charge in [0.15, 0.2) is 0 Å². The smallest absolute Gasteiger partial charge is 0.268 e. The van der Waals surface area contributed by atoms with E-state index >= 15 is 0 Å². The van der Waals surface area contributed by atoms with Crippen molar-refractivity contribution in [2.24, 2.45) is 0 Å². The fourth-order valence-electron chi connectivity index (χ4n) is 1.91. The van der Waals surface area contributed by atoms with E-state index in [4.69, 9.17) is 5.26 Å². The van der Waals surface area contributed by atoms with E-state index in [0.29, 0.717) is 4.31 Å². The molecule has 0 N–H and O–H groups in total. The van der Waals surface area contributed by atoms with Crippen molar-refractivity contribution in [3.63, 3.8) is 0 Å². The number of benzene rings is 2. The number of nitrogens with zero attached hydrogens (tertiary/aromatic N) is 2. The SMILES string of the molecule is CS(=O)(=O)N(C(=O)c1ccccc1)c1ccc(F)cc1C#N. The Labute approximate surface area is 127 Å². The monoisotopic (exact) mass is 318 g/mol. The first-order valence-electron chi connectivity index (χ1n) is 6.14. The molecule has 0 saturated carbocycles. The van der Waals surface area contributed by atoms with Gasteiger partial charge in [-0.3, -0.25) is 4.79 Å². The van der Waals surface area contributed by atoms with Crippen molar-refractivity contribution < 1.29 is 17.6 Å². The maximum atomic E-state index is 13.2. The molecule has 0 atom stereocenters. The minimum absolute atomic E-state index is 0.140. The van der Waals surface area contributed by atoms with Crippen molar-refractivity contribution in [2.45, 2.75) is 0 Å². The molecule has 0 aliphatic heterocycles. The van der Waals surface area contributed by atoms with E-state index in [1.807, 2.05) is 0 Å². The van der Waals surface area contributed by atoms with Crippen molar-refractivity contribution in [2.75, 3.05) is 10.6 Å². The number of carbonyl (C=O) groups is 1. The zero-order valence-corrected chi connectivity index (χ0v) is 12.3. The van der Waals surface area contributed by atoms with Crippen LogP contribution in [0.4, 0.5) is 10.1 Å². The lowest BCUT2D eigenvalue weighted by Gasteiger charge is -2.21. The van der Waals surface area contributed by atoms with Crippen LogP contribution in [0.1, 0.15) is 15.9 Å². The Balaban J connectivity index is 2.64. The summed E-state index contributed by atoms with van der Waals surface area (Å²) in [5, 5.41) is 9.06. The normalized spacial score (nSPS) is 10.8. The molecule has 0 heterocycles. The minimum atomic E-state index is -4.00. The van der Waals surface area contributed by atoms with Gasteiger partial charge in [-0.25, -0.2) is 17.1 Å². The zero-order valence-electron chi connectivity index (χ0n) is 11.5. The van der Waals surface area contributed by atoms with Crippen molar-refractivity contribution in [3.05, 3.63) is 65.5 Å². The molecule has 2 rings (SSSR count). The molecule has 2 aromatic rings. The second kappa shape index (κ2) is 5.95. The summed E-state index contributed by atoms with van der Waals surface area (Å²) in [4.78, 5) is 12.5. The van der Waals surface area contributed by atoms with E-state index < -0.39 is 21.7 Å². The van der Waals surface area contributed by atoms with Gasteiger partial charge in [-0.2, -0.15) is 5.26 Å². The average molecular weight is 318 g/mol. The molecule has 1 amide bonds. The molecular weight excluding hydrogens is 307 g/mol. The number of nitriles is 1. The first kappa shape index (κ1) is 15.7. The lowest BCUT2D eigenvalue weighted by Crippen LogP contribution is -2.36. The largest absolute Gasteiger partial charge is 0.272 e. The zero-order chi connectivity index (χ0) is 16.3. The van der Waals surface area contributed by atoms with Gasteiger partial charge >= 0.3 is 0 Å². The Bertz CT molecular complexity index is 858. The van der Waals surface area contributed by atoms with Crippen LogP contribution in [0.3, 0.4) is 0 Å². The van der Waals surface area contributed by atoms with Crippen LogP contribution in [-0.2, 0) is 10.0 Å². The fraction of sp³-hybridized carbons (Fsp3) is 0.0667. The summed E-state index contributed by atoms with van der Waals surface area (Å²) < 4.78 is 37.7. The van der Waals surface area contributed by atoms with E-state index in [2.05, 4.69) is 0 Å².